The summed E-state index contributed by atoms with van der Waals surface area (Å²) < 4.78 is 28.2. The van der Waals surface area contributed by atoms with E-state index in [9.17, 15) is 13.6 Å². The Kier molecular flexibility index (Phi) is 5.71. The van der Waals surface area contributed by atoms with E-state index in [-0.39, 0.29) is 5.91 Å². The van der Waals surface area contributed by atoms with Gasteiger partial charge in [-0.2, -0.15) is 4.98 Å². The summed E-state index contributed by atoms with van der Waals surface area (Å²) >= 11 is 2.42. The van der Waals surface area contributed by atoms with Gasteiger partial charge in [-0.3, -0.25) is 4.79 Å². The second-order valence-corrected chi connectivity index (χ2v) is 9.10. The number of rotatable bonds is 5. The van der Waals surface area contributed by atoms with E-state index in [1.54, 1.807) is 16.8 Å². The van der Waals surface area contributed by atoms with E-state index in [4.69, 9.17) is 0 Å². The number of fused-ring (bicyclic) bond motifs is 1. The van der Waals surface area contributed by atoms with Crippen LogP contribution in [-0.4, -0.2) is 35.7 Å². The van der Waals surface area contributed by atoms with E-state index in [2.05, 4.69) is 25.4 Å². The Morgan fingerprint density at radius 3 is 2.68 bits per heavy atom. The van der Waals surface area contributed by atoms with Crippen LogP contribution in [0.1, 0.15) is 23.9 Å². The quantitative estimate of drug-likeness (QED) is 0.439. The van der Waals surface area contributed by atoms with Gasteiger partial charge in [-0.15, -0.1) is 16.4 Å². The minimum absolute atomic E-state index is 0.271. The highest BCUT2D eigenvalue weighted by Crippen LogP contribution is 2.27. The molecule has 11 heteroatoms. The predicted molar refractivity (Wildman–Crippen MR) is 116 cm³/mol. The van der Waals surface area contributed by atoms with Gasteiger partial charge < -0.3 is 5.32 Å². The van der Waals surface area contributed by atoms with Crippen molar-refractivity contribution in [2.75, 3.05) is 5.32 Å². The van der Waals surface area contributed by atoms with Crippen LogP contribution in [0.4, 0.5) is 13.9 Å². The van der Waals surface area contributed by atoms with Gasteiger partial charge in [0.1, 0.15) is 0 Å². The number of halogens is 2. The van der Waals surface area contributed by atoms with Gasteiger partial charge in [0.05, 0.1) is 10.9 Å². The summed E-state index contributed by atoms with van der Waals surface area (Å²) in [5.41, 5.74) is 3.77. The monoisotopic (exact) mass is 460 g/mol. The van der Waals surface area contributed by atoms with Crippen molar-refractivity contribution in [1.29, 1.82) is 0 Å². The van der Waals surface area contributed by atoms with Crippen LogP contribution >= 0.6 is 23.1 Å². The Bertz CT molecular complexity index is 1300. The lowest BCUT2D eigenvalue weighted by Gasteiger charge is -2.07. The Balaban J connectivity index is 1.46. The van der Waals surface area contributed by atoms with Crippen LogP contribution in [0.15, 0.2) is 28.7 Å². The smallest absolute Gasteiger partial charge is 0.253 e. The Morgan fingerprint density at radius 2 is 1.94 bits per heavy atom. The summed E-state index contributed by atoms with van der Waals surface area (Å²) in [6, 6.07) is 3.55. The highest BCUT2D eigenvalue weighted by Gasteiger charge is 2.20. The minimum Gasteiger partial charge on any atom is -0.301 e. The number of aryl methyl sites for hydroxylation is 2. The molecule has 160 valence electrons. The normalized spacial score (nSPS) is 12.3. The molecule has 3 heterocycles. The van der Waals surface area contributed by atoms with Gasteiger partial charge >= 0.3 is 0 Å². The van der Waals surface area contributed by atoms with Crippen LogP contribution < -0.4 is 5.32 Å². The summed E-state index contributed by atoms with van der Waals surface area (Å²) in [6.07, 6.45) is 0. The summed E-state index contributed by atoms with van der Waals surface area (Å²) in [5, 5.41) is 9.19. The molecule has 0 fully saturated rings. The van der Waals surface area contributed by atoms with Crippen molar-refractivity contribution in [2.45, 2.75) is 38.1 Å². The molecule has 1 unspecified atom stereocenters. The molecule has 1 N–H and O–H groups in total. The molecule has 0 radical (unpaired) electrons. The summed E-state index contributed by atoms with van der Waals surface area (Å²) in [5.74, 6) is -1.65. The zero-order chi connectivity index (χ0) is 22.3. The van der Waals surface area contributed by atoms with Crippen molar-refractivity contribution in [1.82, 2.24) is 24.6 Å². The number of thiazole rings is 1. The molecule has 4 rings (SSSR count). The lowest BCUT2D eigenvalue weighted by atomic mass is 10.2. The van der Waals surface area contributed by atoms with Gasteiger partial charge in [-0.1, -0.05) is 11.8 Å². The average molecular weight is 461 g/mol. The minimum atomic E-state index is -0.948. The molecule has 1 atom stereocenters. The molecular weight excluding hydrogens is 442 g/mol. The summed E-state index contributed by atoms with van der Waals surface area (Å²) in [4.78, 5) is 25.7. The number of hydrogen-bond acceptors (Lipinski definition) is 7. The van der Waals surface area contributed by atoms with Crippen molar-refractivity contribution < 1.29 is 13.6 Å². The number of carbonyl (C=O) groups excluding carboxylic acids is 1. The van der Waals surface area contributed by atoms with Crippen LogP contribution in [0.2, 0.25) is 0 Å². The number of hydrogen-bond donors (Lipinski definition) is 1. The highest BCUT2D eigenvalue weighted by atomic mass is 32.2. The van der Waals surface area contributed by atoms with Gasteiger partial charge in [0, 0.05) is 22.3 Å². The average Bonchev–Trinajstić information content (AvgIpc) is 3.35. The largest absolute Gasteiger partial charge is 0.301 e. The molecule has 0 aliphatic rings. The maximum Gasteiger partial charge on any atom is 0.253 e. The third-order valence-corrected chi connectivity index (χ3v) is 6.55. The molecule has 0 saturated heterocycles. The van der Waals surface area contributed by atoms with Gasteiger partial charge in [0.15, 0.2) is 16.8 Å². The van der Waals surface area contributed by atoms with Crippen molar-refractivity contribution >= 4 is 39.9 Å². The summed E-state index contributed by atoms with van der Waals surface area (Å²) in [6.45, 7) is 7.59. The van der Waals surface area contributed by atoms with Crippen LogP contribution in [0.3, 0.4) is 0 Å². The van der Waals surface area contributed by atoms with Gasteiger partial charge in [0.2, 0.25) is 11.1 Å². The maximum atomic E-state index is 13.5. The van der Waals surface area contributed by atoms with Crippen LogP contribution in [0.5, 0.6) is 0 Å². The number of carbonyl (C=O) groups is 1. The number of amides is 1. The number of aromatic nitrogens is 5. The molecule has 0 bridgehead atoms. The van der Waals surface area contributed by atoms with E-state index < -0.39 is 16.9 Å². The van der Waals surface area contributed by atoms with E-state index in [0.717, 1.165) is 29.1 Å². The van der Waals surface area contributed by atoms with Crippen LogP contribution in [0, 0.1) is 32.4 Å². The van der Waals surface area contributed by atoms with Crippen LogP contribution in [-0.2, 0) is 4.79 Å². The fourth-order valence-electron chi connectivity index (χ4n) is 2.83. The molecule has 3 aromatic heterocycles. The predicted octanol–water partition coefficient (Wildman–Crippen LogP) is 4.57. The van der Waals surface area contributed by atoms with Crippen molar-refractivity contribution in [3.63, 3.8) is 0 Å². The fraction of sp³-hybridized carbons (Fsp3) is 0.250. The first-order chi connectivity index (χ1) is 14.7. The number of benzene rings is 1. The number of nitrogens with one attached hydrogen (secondary N) is 1. The van der Waals surface area contributed by atoms with Gasteiger partial charge in [-0.05, 0) is 51.5 Å². The summed E-state index contributed by atoms with van der Waals surface area (Å²) in [7, 11) is 0. The fourth-order valence-corrected chi connectivity index (χ4v) is 4.29. The standard InChI is InChI=1S/C20H18F2N6OS2/c1-9-10(2)23-18-26-20(27-28(18)11(9)3)31-12(4)17(29)25-19-24-16(8-30-19)13-5-6-14(21)15(22)7-13/h5-8,12H,1-4H3,(H,24,25,29). The molecule has 31 heavy (non-hydrogen) atoms. The maximum absolute atomic E-state index is 13.5. The van der Waals surface area contributed by atoms with Gasteiger partial charge in [-0.25, -0.2) is 23.3 Å². The molecule has 0 aliphatic carbocycles. The van der Waals surface area contributed by atoms with Gasteiger partial charge in [0.25, 0.3) is 5.78 Å². The van der Waals surface area contributed by atoms with E-state index in [1.165, 1.54) is 29.2 Å². The molecule has 0 saturated carbocycles. The SMILES string of the molecule is Cc1nc2nc(SC(C)C(=O)Nc3nc(-c4ccc(F)c(F)c4)cs3)nn2c(C)c1C. The van der Waals surface area contributed by atoms with Crippen LogP contribution in [0.25, 0.3) is 17.0 Å². The second-order valence-electron chi connectivity index (χ2n) is 6.93. The first-order valence-electron chi connectivity index (χ1n) is 9.32. The first kappa shape index (κ1) is 21.3. The van der Waals surface area contributed by atoms with Crippen molar-refractivity contribution in [2.24, 2.45) is 0 Å². The van der Waals surface area contributed by atoms with E-state index in [1.807, 2.05) is 20.8 Å². The highest BCUT2D eigenvalue weighted by molar-refractivity contribution is 8.00. The van der Waals surface area contributed by atoms with Crippen molar-refractivity contribution in [3.8, 4) is 11.3 Å². The third-order valence-electron chi connectivity index (χ3n) is 4.84. The molecule has 0 spiro atoms. The first-order valence-corrected chi connectivity index (χ1v) is 11.1. The lowest BCUT2D eigenvalue weighted by molar-refractivity contribution is -0.115. The molecule has 0 aliphatic heterocycles. The Morgan fingerprint density at radius 1 is 1.16 bits per heavy atom. The molecule has 7 nitrogen and oxygen atoms in total. The Hall–Kier alpha value is -2.92. The zero-order valence-corrected chi connectivity index (χ0v) is 18.7. The molecule has 1 amide bonds. The molecular formula is C20H18F2N6OS2. The second kappa shape index (κ2) is 8.31. The number of nitrogens with zero attached hydrogens (tertiary/aromatic N) is 5. The third kappa shape index (κ3) is 4.28. The van der Waals surface area contributed by atoms with E-state index in [0.29, 0.717) is 27.3 Å². The van der Waals surface area contributed by atoms with Crippen molar-refractivity contribution in [3.05, 3.63) is 52.2 Å². The Labute approximate surface area is 185 Å². The number of anilines is 1. The molecule has 4 aromatic rings. The lowest BCUT2D eigenvalue weighted by Crippen LogP contribution is -2.22. The molecule has 1 aromatic carbocycles. The zero-order valence-electron chi connectivity index (χ0n) is 17.1. The topological polar surface area (TPSA) is 85.1 Å². The van der Waals surface area contributed by atoms with E-state index >= 15 is 0 Å². The number of thioether (sulfide) groups is 1.